The number of aromatic nitrogens is 2. The van der Waals surface area contributed by atoms with E-state index in [9.17, 15) is 0 Å². The fourth-order valence-corrected chi connectivity index (χ4v) is 2.28. The van der Waals surface area contributed by atoms with Crippen LogP contribution in [0, 0.1) is 5.92 Å². The summed E-state index contributed by atoms with van der Waals surface area (Å²) in [6.07, 6.45) is 6.74. The van der Waals surface area contributed by atoms with E-state index in [0.29, 0.717) is 12.5 Å². The van der Waals surface area contributed by atoms with Crippen molar-refractivity contribution in [1.82, 2.24) is 9.97 Å². The molecule has 0 atom stereocenters. The molecular formula is C11H16BrN3O. The van der Waals surface area contributed by atoms with E-state index in [1.165, 1.54) is 0 Å². The molecule has 16 heavy (non-hydrogen) atoms. The van der Waals surface area contributed by atoms with Gasteiger partial charge in [0.15, 0.2) is 0 Å². The van der Waals surface area contributed by atoms with Crippen LogP contribution in [0.25, 0.3) is 0 Å². The Morgan fingerprint density at radius 1 is 1.31 bits per heavy atom. The molecule has 2 rings (SSSR count). The zero-order valence-corrected chi connectivity index (χ0v) is 10.7. The molecular weight excluding hydrogens is 270 g/mol. The van der Waals surface area contributed by atoms with Crippen LogP contribution in [-0.2, 0) is 0 Å². The summed E-state index contributed by atoms with van der Waals surface area (Å²) in [4.78, 5) is 10.8. The van der Waals surface area contributed by atoms with Gasteiger partial charge in [0.05, 0.1) is 4.47 Å². The van der Waals surface area contributed by atoms with Gasteiger partial charge in [-0.25, -0.2) is 9.97 Å². The summed E-state index contributed by atoms with van der Waals surface area (Å²) >= 11 is 3.33. The number of rotatable bonds is 3. The quantitative estimate of drug-likeness (QED) is 0.921. The second-order valence-corrected chi connectivity index (χ2v) is 5.06. The third kappa shape index (κ3) is 2.92. The van der Waals surface area contributed by atoms with E-state index < -0.39 is 0 Å². The summed E-state index contributed by atoms with van der Waals surface area (Å²) in [6, 6.07) is 0. The van der Waals surface area contributed by atoms with Crippen LogP contribution in [0.2, 0.25) is 0 Å². The van der Waals surface area contributed by atoms with E-state index in [-0.39, 0.29) is 0 Å². The average Bonchev–Trinajstić information content (AvgIpc) is 2.32. The molecule has 0 saturated carbocycles. The van der Waals surface area contributed by atoms with Gasteiger partial charge in [-0.2, -0.15) is 0 Å². The Morgan fingerprint density at radius 2 is 1.94 bits per heavy atom. The topological polar surface area (TPSA) is 49.2 Å². The van der Waals surface area contributed by atoms with Crippen molar-refractivity contribution in [2.75, 3.05) is 24.6 Å². The highest BCUT2D eigenvalue weighted by atomic mass is 79.9. The van der Waals surface area contributed by atoms with Crippen molar-refractivity contribution in [3.8, 4) is 0 Å². The van der Waals surface area contributed by atoms with Crippen LogP contribution < -0.4 is 4.90 Å². The van der Waals surface area contributed by atoms with Gasteiger partial charge in [-0.3, -0.25) is 0 Å². The van der Waals surface area contributed by atoms with Crippen molar-refractivity contribution in [3.63, 3.8) is 0 Å². The first kappa shape index (κ1) is 11.8. The summed E-state index contributed by atoms with van der Waals surface area (Å²) in [5, 5.41) is 8.89. The van der Waals surface area contributed by atoms with Crippen molar-refractivity contribution in [2.24, 2.45) is 5.92 Å². The maximum absolute atomic E-state index is 8.89. The van der Waals surface area contributed by atoms with Gasteiger partial charge in [-0.1, -0.05) is 0 Å². The van der Waals surface area contributed by atoms with E-state index in [4.69, 9.17) is 5.11 Å². The van der Waals surface area contributed by atoms with E-state index in [2.05, 4.69) is 30.8 Å². The fourth-order valence-electron chi connectivity index (χ4n) is 2.07. The van der Waals surface area contributed by atoms with Crippen molar-refractivity contribution >= 4 is 21.9 Å². The summed E-state index contributed by atoms with van der Waals surface area (Å²) in [7, 11) is 0. The predicted molar refractivity (Wildman–Crippen MR) is 66.4 cm³/mol. The van der Waals surface area contributed by atoms with Gasteiger partial charge >= 0.3 is 0 Å². The highest BCUT2D eigenvalue weighted by molar-refractivity contribution is 9.10. The van der Waals surface area contributed by atoms with Crippen LogP contribution in [0.3, 0.4) is 0 Å². The lowest BCUT2D eigenvalue weighted by atomic mass is 9.94. The zero-order valence-electron chi connectivity index (χ0n) is 9.14. The van der Waals surface area contributed by atoms with Crippen LogP contribution in [0.1, 0.15) is 19.3 Å². The number of hydrogen-bond acceptors (Lipinski definition) is 4. The van der Waals surface area contributed by atoms with Crippen molar-refractivity contribution in [2.45, 2.75) is 19.3 Å². The van der Waals surface area contributed by atoms with Crippen molar-refractivity contribution < 1.29 is 5.11 Å². The lowest BCUT2D eigenvalue weighted by Crippen LogP contribution is -2.35. The SMILES string of the molecule is OCCC1CCN(c2ncc(Br)cn2)CC1. The molecule has 0 spiro atoms. The fraction of sp³-hybridized carbons (Fsp3) is 0.636. The lowest BCUT2D eigenvalue weighted by molar-refractivity contribution is 0.240. The molecule has 1 aromatic rings. The van der Waals surface area contributed by atoms with Gasteiger partial charge < -0.3 is 10.0 Å². The molecule has 1 fully saturated rings. The zero-order chi connectivity index (χ0) is 11.4. The van der Waals surface area contributed by atoms with E-state index in [1.54, 1.807) is 12.4 Å². The van der Waals surface area contributed by atoms with Crippen LogP contribution in [0.5, 0.6) is 0 Å². The third-order valence-corrected chi connectivity index (χ3v) is 3.45. The minimum Gasteiger partial charge on any atom is -0.396 e. The largest absolute Gasteiger partial charge is 0.396 e. The molecule has 0 aromatic carbocycles. The molecule has 0 radical (unpaired) electrons. The van der Waals surface area contributed by atoms with Crippen LogP contribution in [0.15, 0.2) is 16.9 Å². The molecule has 0 amide bonds. The van der Waals surface area contributed by atoms with Gasteiger partial charge in [0.1, 0.15) is 0 Å². The number of nitrogens with zero attached hydrogens (tertiary/aromatic N) is 3. The molecule has 0 aliphatic carbocycles. The molecule has 1 saturated heterocycles. The standard InChI is InChI=1S/C11H16BrN3O/c12-10-7-13-11(14-8-10)15-4-1-9(2-5-15)3-6-16/h7-9,16H,1-6H2. The van der Waals surface area contributed by atoms with Crippen molar-refractivity contribution in [3.05, 3.63) is 16.9 Å². The number of aliphatic hydroxyl groups is 1. The third-order valence-electron chi connectivity index (χ3n) is 3.04. The van der Waals surface area contributed by atoms with Crippen LogP contribution in [-0.4, -0.2) is 34.8 Å². The number of aliphatic hydroxyl groups excluding tert-OH is 1. The normalized spacial score (nSPS) is 17.8. The Morgan fingerprint density at radius 3 is 2.50 bits per heavy atom. The molecule has 4 nitrogen and oxygen atoms in total. The van der Waals surface area contributed by atoms with Crippen molar-refractivity contribution in [1.29, 1.82) is 0 Å². The van der Waals surface area contributed by atoms with Gasteiger partial charge in [-0.05, 0) is 41.1 Å². The number of halogens is 1. The number of piperidine rings is 1. The highest BCUT2D eigenvalue weighted by Crippen LogP contribution is 2.22. The molecule has 0 unspecified atom stereocenters. The Hall–Kier alpha value is -0.680. The molecule has 1 aliphatic heterocycles. The minimum atomic E-state index is 0.305. The monoisotopic (exact) mass is 285 g/mol. The molecule has 5 heteroatoms. The second-order valence-electron chi connectivity index (χ2n) is 4.14. The molecule has 1 N–H and O–H groups in total. The van der Waals surface area contributed by atoms with Gasteiger partial charge in [0, 0.05) is 32.1 Å². The first-order chi connectivity index (χ1) is 7.79. The molecule has 0 bridgehead atoms. The van der Waals surface area contributed by atoms with E-state index in [1.807, 2.05) is 0 Å². The Kier molecular flexibility index (Phi) is 4.12. The first-order valence-corrected chi connectivity index (χ1v) is 6.42. The lowest BCUT2D eigenvalue weighted by Gasteiger charge is -2.31. The molecule has 2 heterocycles. The first-order valence-electron chi connectivity index (χ1n) is 5.63. The molecule has 88 valence electrons. The predicted octanol–water partition coefficient (Wildman–Crippen LogP) is 1.84. The smallest absolute Gasteiger partial charge is 0.225 e. The average molecular weight is 286 g/mol. The Balaban J connectivity index is 1.91. The second kappa shape index (κ2) is 5.59. The summed E-state index contributed by atoms with van der Waals surface area (Å²) in [5.74, 6) is 1.47. The van der Waals surface area contributed by atoms with Gasteiger partial charge in [0.25, 0.3) is 0 Å². The summed E-state index contributed by atoms with van der Waals surface area (Å²) < 4.78 is 0.909. The summed E-state index contributed by atoms with van der Waals surface area (Å²) in [5.41, 5.74) is 0. The molecule has 1 aliphatic rings. The maximum atomic E-state index is 8.89. The number of hydrogen-bond donors (Lipinski definition) is 1. The minimum absolute atomic E-state index is 0.305. The van der Waals surface area contributed by atoms with Gasteiger partial charge in [0.2, 0.25) is 5.95 Å². The number of anilines is 1. The summed E-state index contributed by atoms with van der Waals surface area (Å²) in [6.45, 7) is 2.29. The highest BCUT2D eigenvalue weighted by Gasteiger charge is 2.20. The van der Waals surface area contributed by atoms with E-state index >= 15 is 0 Å². The Bertz CT molecular complexity index is 323. The van der Waals surface area contributed by atoms with Crippen LogP contribution in [0.4, 0.5) is 5.95 Å². The van der Waals surface area contributed by atoms with Gasteiger partial charge in [-0.15, -0.1) is 0 Å². The Labute approximate surface area is 104 Å². The van der Waals surface area contributed by atoms with Crippen LogP contribution >= 0.6 is 15.9 Å². The van der Waals surface area contributed by atoms with E-state index in [0.717, 1.165) is 42.8 Å². The maximum Gasteiger partial charge on any atom is 0.225 e. The molecule has 1 aromatic heterocycles.